The molecule has 2 aromatic rings. The lowest BCUT2D eigenvalue weighted by Crippen LogP contribution is -2.13. The first kappa shape index (κ1) is 14.3. The zero-order valence-corrected chi connectivity index (χ0v) is 12.1. The molecule has 0 aromatic carbocycles. The molecule has 0 radical (unpaired) electrons. The van der Waals surface area contributed by atoms with Gasteiger partial charge in [-0.1, -0.05) is 0 Å². The third-order valence-corrected chi connectivity index (χ3v) is 3.05. The first-order chi connectivity index (χ1) is 9.58. The van der Waals surface area contributed by atoms with Gasteiger partial charge in [0.25, 0.3) is 0 Å². The van der Waals surface area contributed by atoms with Gasteiger partial charge in [-0.2, -0.15) is 5.10 Å². The number of hydrogen-bond donors (Lipinski definition) is 1. The van der Waals surface area contributed by atoms with Crippen LogP contribution in [0.1, 0.15) is 37.3 Å². The van der Waals surface area contributed by atoms with Gasteiger partial charge in [-0.15, -0.1) is 0 Å². The van der Waals surface area contributed by atoms with Gasteiger partial charge in [0, 0.05) is 23.9 Å². The summed E-state index contributed by atoms with van der Waals surface area (Å²) in [7, 11) is 3.11. The molecule has 20 heavy (non-hydrogen) atoms. The van der Waals surface area contributed by atoms with Crippen molar-refractivity contribution in [2.75, 3.05) is 14.2 Å². The molecule has 0 amide bonds. The number of ether oxygens (including phenoxy) is 2. The molecule has 0 aliphatic rings. The van der Waals surface area contributed by atoms with Gasteiger partial charge in [0.1, 0.15) is 11.8 Å². The lowest BCUT2D eigenvalue weighted by atomic mass is 10.1. The average Bonchev–Trinajstić information content (AvgIpc) is 2.90. The molecule has 1 N–H and O–H groups in total. The number of aromatic nitrogens is 3. The monoisotopic (exact) mass is 277 g/mol. The Hall–Kier alpha value is -2.08. The Kier molecular flexibility index (Phi) is 4.24. The SMILES string of the molecule is COc1ccc(C(O)c2c(OC)cnn2C(C)C)cn1. The predicted molar refractivity (Wildman–Crippen MR) is 74.0 cm³/mol. The van der Waals surface area contributed by atoms with Crippen LogP contribution in [-0.4, -0.2) is 34.1 Å². The van der Waals surface area contributed by atoms with E-state index in [9.17, 15) is 5.11 Å². The molecule has 0 saturated carbocycles. The van der Waals surface area contributed by atoms with Crippen LogP contribution in [0, 0.1) is 0 Å². The molecule has 2 aromatic heterocycles. The van der Waals surface area contributed by atoms with E-state index in [2.05, 4.69) is 10.1 Å². The molecule has 0 aliphatic heterocycles. The number of aliphatic hydroxyl groups is 1. The molecule has 6 heteroatoms. The summed E-state index contributed by atoms with van der Waals surface area (Å²) in [6.07, 6.45) is 2.34. The third kappa shape index (κ3) is 2.60. The second-order valence-corrected chi connectivity index (χ2v) is 4.67. The van der Waals surface area contributed by atoms with E-state index in [0.29, 0.717) is 22.9 Å². The number of methoxy groups -OCH3 is 2. The van der Waals surface area contributed by atoms with Crippen LogP contribution < -0.4 is 9.47 Å². The summed E-state index contributed by atoms with van der Waals surface area (Å²) in [5.41, 5.74) is 1.28. The number of hydrogen-bond acceptors (Lipinski definition) is 5. The first-order valence-electron chi connectivity index (χ1n) is 6.37. The Balaban J connectivity index is 2.40. The van der Waals surface area contributed by atoms with Crippen molar-refractivity contribution >= 4 is 0 Å². The maximum Gasteiger partial charge on any atom is 0.212 e. The number of aliphatic hydroxyl groups excluding tert-OH is 1. The van der Waals surface area contributed by atoms with Gasteiger partial charge in [0.05, 0.1) is 20.4 Å². The number of nitrogens with zero attached hydrogens (tertiary/aromatic N) is 3. The zero-order chi connectivity index (χ0) is 14.7. The number of rotatable bonds is 5. The molecule has 6 nitrogen and oxygen atoms in total. The lowest BCUT2D eigenvalue weighted by Gasteiger charge is -2.17. The maximum absolute atomic E-state index is 10.6. The average molecular weight is 277 g/mol. The van der Waals surface area contributed by atoms with Crippen LogP contribution in [0.5, 0.6) is 11.6 Å². The fourth-order valence-electron chi connectivity index (χ4n) is 2.02. The minimum absolute atomic E-state index is 0.120. The van der Waals surface area contributed by atoms with Gasteiger partial charge >= 0.3 is 0 Å². The summed E-state index contributed by atoms with van der Waals surface area (Å²) in [5, 5.41) is 14.8. The second kappa shape index (κ2) is 5.92. The van der Waals surface area contributed by atoms with E-state index in [1.807, 2.05) is 13.8 Å². The molecule has 1 unspecified atom stereocenters. The minimum atomic E-state index is -0.853. The van der Waals surface area contributed by atoms with E-state index < -0.39 is 6.10 Å². The van der Waals surface area contributed by atoms with E-state index in [0.717, 1.165) is 0 Å². The predicted octanol–water partition coefficient (Wildman–Crippen LogP) is 1.96. The summed E-state index contributed by atoms with van der Waals surface area (Å²) < 4.78 is 12.0. The minimum Gasteiger partial charge on any atom is -0.493 e. The Labute approximate surface area is 118 Å². The van der Waals surface area contributed by atoms with E-state index in [4.69, 9.17) is 9.47 Å². The largest absolute Gasteiger partial charge is 0.493 e. The highest BCUT2D eigenvalue weighted by Gasteiger charge is 2.23. The highest BCUT2D eigenvalue weighted by atomic mass is 16.5. The Morgan fingerprint density at radius 1 is 1.15 bits per heavy atom. The van der Waals surface area contributed by atoms with Crippen molar-refractivity contribution in [1.29, 1.82) is 0 Å². The lowest BCUT2D eigenvalue weighted by molar-refractivity contribution is 0.199. The molecular weight excluding hydrogens is 258 g/mol. The summed E-state index contributed by atoms with van der Waals surface area (Å²) in [4.78, 5) is 4.11. The highest BCUT2D eigenvalue weighted by Crippen LogP contribution is 2.31. The van der Waals surface area contributed by atoms with Crippen LogP contribution in [0.4, 0.5) is 0 Å². The fraction of sp³-hybridized carbons (Fsp3) is 0.429. The Morgan fingerprint density at radius 2 is 1.90 bits per heavy atom. The normalized spacial score (nSPS) is 12.5. The van der Waals surface area contributed by atoms with Crippen molar-refractivity contribution in [2.24, 2.45) is 0 Å². The number of pyridine rings is 1. The van der Waals surface area contributed by atoms with Gasteiger partial charge in [-0.3, -0.25) is 4.68 Å². The van der Waals surface area contributed by atoms with Crippen LogP contribution in [0.3, 0.4) is 0 Å². The summed E-state index contributed by atoms with van der Waals surface area (Å²) >= 11 is 0. The third-order valence-electron chi connectivity index (χ3n) is 3.05. The van der Waals surface area contributed by atoms with Crippen molar-refractivity contribution in [2.45, 2.75) is 26.0 Å². The van der Waals surface area contributed by atoms with Gasteiger partial charge in [0.15, 0.2) is 5.75 Å². The van der Waals surface area contributed by atoms with Crippen molar-refractivity contribution in [1.82, 2.24) is 14.8 Å². The van der Waals surface area contributed by atoms with Gasteiger partial charge in [-0.25, -0.2) is 4.98 Å². The topological polar surface area (TPSA) is 69.4 Å². The van der Waals surface area contributed by atoms with Crippen LogP contribution in [0.15, 0.2) is 24.5 Å². The smallest absolute Gasteiger partial charge is 0.212 e. The molecule has 2 heterocycles. The van der Waals surface area contributed by atoms with Crippen molar-refractivity contribution in [3.8, 4) is 11.6 Å². The van der Waals surface area contributed by atoms with E-state index in [1.54, 1.807) is 43.4 Å². The molecule has 0 spiro atoms. The summed E-state index contributed by atoms with van der Waals surface area (Å²) in [6.45, 7) is 3.99. The van der Waals surface area contributed by atoms with E-state index in [-0.39, 0.29) is 6.04 Å². The zero-order valence-electron chi connectivity index (χ0n) is 12.1. The summed E-state index contributed by atoms with van der Waals surface area (Å²) in [5.74, 6) is 1.06. The van der Waals surface area contributed by atoms with E-state index in [1.165, 1.54) is 0 Å². The Bertz CT molecular complexity index is 564. The molecule has 1 atom stereocenters. The van der Waals surface area contributed by atoms with E-state index >= 15 is 0 Å². The van der Waals surface area contributed by atoms with Crippen molar-refractivity contribution < 1.29 is 14.6 Å². The molecule has 2 rings (SSSR count). The highest BCUT2D eigenvalue weighted by molar-refractivity contribution is 5.35. The molecule has 108 valence electrons. The van der Waals surface area contributed by atoms with Gasteiger partial charge < -0.3 is 14.6 Å². The molecule has 0 bridgehead atoms. The van der Waals surface area contributed by atoms with Gasteiger partial charge in [0.2, 0.25) is 5.88 Å². The van der Waals surface area contributed by atoms with Crippen LogP contribution >= 0.6 is 0 Å². The Morgan fingerprint density at radius 3 is 2.40 bits per heavy atom. The van der Waals surface area contributed by atoms with Crippen LogP contribution in [-0.2, 0) is 0 Å². The maximum atomic E-state index is 10.6. The van der Waals surface area contributed by atoms with Crippen molar-refractivity contribution in [3.63, 3.8) is 0 Å². The first-order valence-corrected chi connectivity index (χ1v) is 6.37. The standard InChI is InChI=1S/C14H19N3O3/c1-9(2)17-13(11(19-3)8-16-17)14(18)10-5-6-12(20-4)15-7-10/h5-9,14,18H,1-4H3. The van der Waals surface area contributed by atoms with Crippen LogP contribution in [0.25, 0.3) is 0 Å². The fourth-order valence-corrected chi connectivity index (χ4v) is 2.02. The molecule has 0 saturated heterocycles. The molecular formula is C14H19N3O3. The van der Waals surface area contributed by atoms with Crippen LogP contribution in [0.2, 0.25) is 0 Å². The van der Waals surface area contributed by atoms with Crippen molar-refractivity contribution in [3.05, 3.63) is 35.8 Å². The van der Waals surface area contributed by atoms with Gasteiger partial charge in [-0.05, 0) is 19.9 Å². The second-order valence-electron chi connectivity index (χ2n) is 4.67. The quantitative estimate of drug-likeness (QED) is 0.904. The molecule has 0 aliphatic carbocycles. The molecule has 0 fully saturated rings. The summed E-state index contributed by atoms with van der Waals surface area (Å²) in [6, 6.07) is 3.60.